The van der Waals surface area contributed by atoms with Gasteiger partial charge in [-0.05, 0) is 51.5 Å². The number of hydrogen-bond acceptors (Lipinski definition) is 3. The topological polar surface area (TPSA) is 24.5 Å². The van der Waals surface area contributed by atoms with Gasteiger partial charge in [0.2, 0.25) is 0 Å². The van der Waals surface area contributed by atoms with Gasteiger partial charge in [0.05, 0.1) is 12.2 Å². The summed E-state index contributed by atoms with van der Waals surface area (Å²) in [6.07, 6.45) is 5.94. The minimum atomic E-state index is 0.371. The molecule has 1 saturated heterocycles. The molecular weight excluding hydrogens is 248 g/mol. The Kier molecular flexibility index (Phi) is 5.49. The fourth-order valence-electron chi connectivity index (χ4n) is 3.99. The molecule has 3 heteroatoms. The molecule has 2 fully saturated rings. The van der Waals surface area contributed by atoms with Gasteiger partial charge in [-0.3, -0.25) is 4.90 Å². The molecule has 2 unspecified atom stereocenters. The Morgan fingerprint density at radius 3 is 2.45 bits per heavy atom. The zero-order valence-electron chi connectivity index (χ0n) is 14.1. The lowest BCUT2D eigenvalue weighted by Crippen LogP contribution is -2.59. The summed E-state index contributed by atoms with van der Waals surface area (Å²) in [6.45, 7) is 14.9. The van der Waals surface area contributed by atoms with E-state index in [0.29, 0.717) is 29.7 Å². The third-order valence-electron chi connectivity index (χ3n) is 4.93. The molecule has 0 bridgehead atoms. The zero-order valence-corrected chi connectivity index (χ0v) is 14.1. The van der Waals surface area contributed by atoms with E-state index in [2.05, 4.69) is 44.8 Å². The van der Waals surface area contributed by atoms with Crippen molar-refractivity contribution in [1.82, 2.24) is 10.2 Å². The van der Waals surface area contributed by atoms with Gasteiger partial charge in [-0.25, -0.2) is 0 Å². The SMILES string of the molecule is CCCNC1CCC(C)(C)CC1N1C[C@@H](C)O[C@@H](C)C1. The summed E-state index contributed by atoms with van der Waals surface area (Å²) in [5.74, 6) is 0. The van der Waals surface area contributed by atoms with Crippen molar-refractivity contribution in [1.29, 1.82) is 0 Å². The molecule has 1 saturated carbocycles. The van der Waals surface area contributed by atoms with Crippen LogP contribution in [0, 0.1) is 5.41 Å². The van der Waals surface area contributed by atoms with Crippen LogP contribution >= 0.6 is 0 Å². The number of morpholine rings is 1. The van der Waals surface area contributed by atoms with Crippen LogP contribution in [0.5, 0.6) is 0 Å². The Hall–Kier alpha value is -0.120. The Balaban J connectivity index is 2.05. The molecule has 1 aliphatic carbocycles. The molecule has 2 rings (SSSR count). The van der Waals surface area contributed by atoms with Gasteiger partial charge in [0.15, 0.2) is 0 Å². The van der Waals surface area contributed by atoms with Crippen LogP contribution in [0.1, 0.15) is 60.3 Å². The van der Waals surface area contributed by atoms with Crippen molar-refractivity contribution in [3.05, 3.63) is 0 Å². The molecule has 0 amide bonds. The lowest BCUT2D eigenvalue weighted by Gasteiger charge is -2.49. The first kappa shape index (κ1) is 16.3. The number of nitrogens with one attached hydrogen (secondary N) is 1. The second kappa shape index (κ2) is 6.76. The average Bonchev–Trinajstić information content (AvgIpc) is 2.35. The van der Waals surface area contributed by atoms with Crippen molar-refractivity contribution < 1.29 is 4.74 Å². The van der Waals surface area contributed by atoms with E-state index in [1.165, 1.54) is 25.7 Å². The summed E-state index contributed by atoms with van der Waals surface area (Å²) in [6, 6.07) is 1.35. The fourth-order valence-corrected chi connectivity index (χ4v) is 3.99. The fraction of sp³-hybridized carbons (Fsp3) is 1.00. The van der Waals surface area contributed by atoms with E-state index in [9.17, 15) is 0 Å². The lowest BCUT2D eigenvalue weighted by atomic mass is 9.72. The van der Waals surface area contributed by atoms with E-state index in [0.717, 1.165) is 19.6 Å². The second-order valence-corrected chi connectivity index (χ2v) is 7.75. The third kappa shape index (κ3) is 4.19. The molecular formula is C17H34N2O. The molecule has 20 heavy (non-hydrogen) atoms. The minimum Gasteiger partial charge on any atom is -0.373 e. The summed E-state index contributed by atoms with van der Waals surface area (Å²) in [4.78, 5) is 2.70. The first-order valence-electron chi connectivity index (χ1n) is 8.54. The average molecular weight is 282 g/mol. The van der Waals surface area contributed by atoms with Crippen molar-refractivity contribution >= 4 is 0 Å². The van der Waals surface area contributed by atoms with Crippen molar-refractivity contribution in [3.63, 3.8) is 0 Å². The van der Waals surface area contributed by atoms with Crippen LogP contribution in [0.15, 0.2) is 0 Å². The van der Waals surface area contributed by atoms with Crippen molar-refractivity contribution in [2.75, 3.05) is 19.6 Å². The van der Waals surface area contributed by atoms with Gasteiger partial charge in [0.1, 0.15) is 0 Å². The first-order chi connectivity index (χ1) is 9.41. The normalized spacial score (nSPS) is 38.9. The quantitative estimate of drug-likeness (QED) is 0.858. The number of rotatable bonds is 4. The number of hydrogen-bond donors (Lipinski definition) is 1. The van der Waals surface area contributed by atoms with Crippen LogP contribution < -0.4 is 5.32 Å². The molecule has 3 nitrogen and oxygen atoms in total. The van der Waals surface area contributed by atoms with Crippen molar-refractivity contribution in [2.24, 2.45) is 5.41 Å². The predicted molar refractivity (Wildman–Crippen MR) is 85.1 cm³/mol. The molecule has 0 aromatic rings. The molecule has 1 heterocycles. The number of ether oxygens (including phenoxy) is 1. The standard InChI is InChI=1S/C17H34N2O/c1-6-9-18-15-7-8-17(4,5)10-16(15)19-11-13(2)20-14(3)12-19/h13-16,18H,6-12H2,1-5H3/t13-,14+,15?,16?. The first-order valence-corrected chi connectivity index (χ1v) is 8.54. The van der Waals surface area contributed by atoms with Gasteiger partial charge in [-0.2, -0.15) is 0 Å². The van der Waals surface area contributed by atoms with E-state index in [-0.39, 0.29) is 0 Å². The summed E-state index contributed by atoms with van der Waals surface area (Å²) in [7, 11) is 0. The predicted octanol–water partition coefficient (Wildman–Crippen LogP) is 3.04. The van der Waals surface area contributed by atoms with Crippen molar-refractivity contribution in [3.8, 4) is 0 Å². The maximum Gasteiger partial charge on any atom is 0.0678 e. The highest BCUT2D eigenvalue weighted by atomic mass is 16.5. The van der Waals surface area contributed by atoms with Gasteiger partial charge in [-0.15, -0.1) is 0 Å². The van der Waals surface area contributed by atoms with Crippen LogP contribution in [-0.4, -0.2) is 48.8 Å². The van der Waals surface area contributed by atoms with Crippen LogP contribution in [0.2, 0.25) is 0 Å². The molecule has 0 aromatic heterocycles. The highest BCUT2D eigenvalue weighted by Gasteiger charge is 2.39. The summed E-state index contributed by atoms with van der Waals surface area (Å²) < 4.78 is 5.91. The minimum absolute atomic E-state index is 0.371. The van der Waals surface area contributed by atoms with Crippen molar-refractivity contribution in [2.45, 2.75) is 84.6 Å². The van der Waals surface area contributed by atoms with E-state index in [1.54, 1.807) is 0 Å². The zero-order chi connectivity index (χ0) is 14.8. The molecule has 1 N–H and O–H groups in total. The molecule has 1 aliphatic heterocycles. The van der Waals surface area contributed by atoms with E-state index < -0.39 is 0 Å². The summed E-state index contributed by atoms with van der Waals surface area (Å²) >= 11 is 0. The molecule has 2 aliphatic rings. The Morgan fingerprint density at radius 2 is 1.85 bits per heavy atom. The van der Waals surface area contributed by atoms with Gasteiger partial charge in [-0.1, -0.05) is 20.8 Å². The van der Waals surface area contributed by atoms with E-state index in [1.807, 2.05) is 0 Å². The summed E-state index contributed by atoms with van der Waals surface area (Å²) in [5.41, 5.74) is 0.486. The van der Waals surface area contributed by atoms with Gasteiger partial charge >= 0.3 is 0 Å². The molecule has 0 spiro atoms. The Bertz CT molecular complexity index is 295. The summed E-state index contributed by atoms with van der Waals surface area (Å²) in [5, 5.41) is 3.80. The van der Waals surface area contributed by atoms with Gasteiger partial charge in [0.25, 0.3) is 0 Å². The molecule has 0 aromatic carbocycles. The smallest absolute Gasteiger partial charge is 0.0678 e. The monoisotopic (exact) mass is 282 g/mol. The Labute approximate surface area is 125 Å². The van der Waals surface area contributed by atoms with E-state index in [4.69, 9.17) is 4.74 Å². The number of nitrogens with zero attached hydrogens (tertiary/aromatic N) is 1. The van der Waals surface area contributed by atoms with Gasteiger partial charge < -0.3 is 10.1 Å². The second-order valence-electron chi connectivity index (χ2n) is 7.75. The lowest BCUT2D eigenvalue weighted by molar-refractivity contribution is -0.0940. The molecule has 0 radical (unpaired) electrons. The van der Waals surface area contributed by atoms with Crippen LogP contribution in [-0.2, 0) is 4.74 Å². The van der Waals surface area contributed by atoms with Crippen LogP contribution in [0.3, 0.4) is 0 Å². The molecule has 118 valence electrons. The highest BCUT2D eigenvalue weighted by molar-refractivity contribution is 4.96. The highest BCUT2D eigenvalue weighted by Crippen LogP contribution is 2.38. The third-order valence-corrected chi connectivity index (χ3v) is 4.93. The molecule has 4 atom stereocenters. The maximum atomic E-state index is 5.91. The largest absolute Gasteiger partial charge is 0.373 e. The van der Waals surface area contributed by atoms with Crippen LogP contribution in [0.4, 0.5) is 0 Å². The van der Waals surface area contributed by atoms with Crippen LogP contribution in [0.25, 0.3) is 0 Å². The van der Waals surface area contributed by atoms with E-state index >= 15 is 0 Å². The maximum absolute atomic E-state index is 5.91. The Morgan fingerprint density at radius 1 is 1.20 bits per heavy atom. The van der Waals surface area contributed by atoms with Gasteiger partial charge in [0, 0.05) is 25.2 Å².